The van der Waals surface area contributed by atoms with E-state index in [-0.39, 0.29) is 5.91 Å². The first kappa shape index (κ1) is 20.7. The van der Waals surface area contributed by atoms with Gasteiger partial charge >= 0.3 is 0 Å². The Labute approximate surface area is 191 Å². The van der Waals surface area contributed by atoms with Crippen LogP contribution in [0.15, 0.2) is 66.7 Å². The average molecular weight is 444 g/mol. The van der Waals surface area contributed by atoms with Gasteiger partial charge in [-0.2, -0.15) is 0 Å². The standard InChI is InChI=1S/C26H25N3O2S/c1-29(20-12-13-20)16-17-8-10-19(11-9-17)25(30)28-26-27-23-22(31-2)15-14-21(24(23)32-26)18-6-4-3-5-7-18/h3-11,14-15,20H,12-13,16H2,1-2H3,(H,27,28,30). The molecule has 4 aromatic rings. The molecule has 3 aromatic carbocycles. The van der Waals surface area contributed by atoms with Gasteiger partial charge in [0.25, 0.3) is 5.91 Å². The first-order valence-electron chi connectivity index (χ1n) is 10.8. The van der Waals surface area contributed by atoms with Crippen LogP contribution in [0.4, 0.5) is 5.13 Å². The van der Waals surface area contributed by atoms with Crippen molar-refractivity contribution in [3.63, 3.8) is 0 Å². The maximum atomic E-state index is 12.9. The van der Waals surface area contributed by atoms with Gasteiger partial charge in [-0.1, -0.05) is 53.8 Å². The maximum Gasteiger partial charge on any atom is 0.257 e. The lowest BCUT2D eigenvalue weighted by Gasteiger charge is -2.15. The van der Waals surface area contributed by atoms with Crippen LogP contribution in [-0.4, -0.2) is 36.0 Å². The molecule has 0 unspecified atom stereocenters. The number of methoxy groups -OCH3 is 1. The van der Waals surface area contributed by atoms with E-state index in [2.05, 4.69) is 34.4 Å². The Morgan fingerprint density at radius 1 is 1.09 bits per heavy atom. The molecule has 0 aliphatic heterocycles. The van der Waals surface area contributed by atoms with Crippen molar-refractivity contribution in [2.24, 2.45) is 0 Å². The van der Waals surface area contributed by atoms with E-state index in [0.29, 0.717) is 16.4 Å². The molecule has 1 heterocycles. The van der Waals surface area contributed by atoms with Crippen LogP contribution in [0, 0.1) is 0 Å². The first-order valence-corrected chi connectivity index (χ1v) is 11.6. The summed E-state index contributed by atoms with van der Waals surface area (Å²) in [5.41, 5.74) is 4.77. The number of hydrogen-bond acceptors (Lipinski definition) is 5. The smallest absolute Gasteiger partial charge is 0.257 e. The monoisotopic (exact) mass is 443 g/mol. The largest absolute Gasteiger partial charge is 0.494 e. The zero-order chi connectivity index (χ0) is 22.1. The number of amides is 1. The predicted octanol–water partition coefficient (Wildman–Crippen LogP) is 5.82. The molecule has 1 aromatic heterocycles. The summed E-state index contributed by atoms with van der Waals surface area (Å²) in [5, 5.41) is 3.53. The molecule has 0 atom stereocenters. The van der Waals surface area contributed by atoms with Crippen LogP contribution in [0.2, 0.25) is 0 Å². The van der Waals surface area contributed by atoms with Crippen molar-refractivity contribution in [3.8, 4) is 16.9 Å². The van der Waals surface area contributed by atoms with Crippen LogP contribution in [0.25, 0.3) is 21.3 Å². The molecule has 5 nitrogen and oxygen atoms in total. The summed E-state index contributed by atoms with van der Waals surface area (Å²) < 4.78 is 6.50. The second-order valence-electron chi connectivity index (χ2n) is 8.18. The number of thiazole rings is 1. The molecule has 32 heavy (non-hydrogen) atoms. The molecule has 1 amide bonds. The molecule has 1 fully saturated rings. The van der Waals surface area contributed by atoms with Crippen molar-refractivity contribution in [2.45, 2.75) is 25.4 Å². The van der Waals surface area contributed by atoms with Gasteiger partial charge < -0.3 is 4.74 Å². The topological polar surface area (TPSA) is 54.5 Å². The lowest BCUT2D eigenvalue weighted by Crippen LogP contribution is -2.20. The number of hydrogen-bond donors (Lipinski definition) is 1. The van der Waals surface area contributed by atoms with Gasteiger partial charge in [0, 0.05) is 23.7 Å². The van der Waals surface area contributed by atoms with Crippen molar-refractivity contribution >= 4 is 32.6 Å². The number of fused-ring (bicyclic) bond motifs is 1. The second-order valence-corrected chi connectivity index (χ2v) is 9.17. The molecular weight excluding hydrogens is 418 g/mol. The number of carbonyl (C=O) groups excluding carboxylic acids is 1. The van der Waals surface area contributed by atoms with Crippen molar-refractivity contribution in [2.75, 3.05) is 19.5 Å². The highest BCUT2D eigenvalue weighted by Gasteiger charge is 2.25. The van der Waals surface area contributed by atoms with Crippen LogP contribution in [-0.2, 0) is 6.54 Å². The van der Waals surface area contributed by atoms with Crippen molar-refractivity contribution in [3.05, 3.63) is 77.9 Å². The van der Waals surface area contributed by atoms with E-state index in [0.717, 1.165) is 33.9 Å². The lowest BCUT2D eigenvalue weighted by atomic mass is 10.1. The third-order valence-electron chi connectivity index (χ3n) is 5.85. The van der Waals surface area contributed by atoms with Gasteiger partial charge in [-0.05, 0) is 55.3 Å². The average Bonchev–Trinajstić information content (AvgIpc) is 3.59. The van der Waals surface area contributed by atoms with Crippen LogP contribution in [0.1, 0.15) is 28.8 Å². The number of aromatic nitrogens is 1. The summed E-state index contributed by atoms with van der Waals surface area (Å²) >= 11 is 1.46. The fourth-order valence-corrected chi connectivity index (χ4v) is 4.92. The highest BCUT2D eigenvalue weighted by Crippen LogP contribution is 2.39. The molecular formula is C26H25N3O2S. The summed E-state index contributed by atoms with van der Waals surface area (Å²) in [6.45, 7) is 0.909. The molecule has 1 aliphatic carbocycles. The molecule has 0 bridgehead atoms. The van der Waals surface area contributed by atoms with Gasteiger partial charge in [-0.3, -0.25) is 15.0 Å². The zero-order valence-electron chi connectivity index (χ0n) is 18.2. The highest BCUT2D eigenvalue weighted by atomic mass is 32.1. The van der Waals surface area contributed by atoms with E-state index in [4.69, 9.17) is 4.74 Å². The molecule has 0 spiro atoms. The third-order valence-corrected chi connectivity index (χ3v) is 6.85. The summed E-state index contributed by atoms with van der Waals surface area (Å²) in [6.07, 6.45) is 2.58. The van der Waals surface area contributed by atoms with Crippen LogP contribution < -0.4 is 10.1 Å². The number of rotatable bonds is 7. The fraction of sp³-hybridized carbons (Fsp3) is 0.231. The number of nitrogens with zero attached hydrogens (tertiary/aromatic N) is 2. The molecule has 162 valence electrons. The summed E-state index contributed by atoms with van der Waals surface area (Å²) in [4.78, 5) is 19.9. The quantitative estimate of drug-likeness (QED) is 0.391. The maximum absolute atomic E-state index is 12.9. The number of anilines is 1. The van der Waals surface area contributed by atoms with Crippen molar-refractivity contribution in [1.29, 1.82) is 0 Å². The van der Waals surface area contributed by atoms with E-state index < -0.39 is 0 Å². The fourth-order valence-electron chi connectivity index (χ4n) is 3.91. The summed E-state index contributed by atoms with van der Waals surface area (Å²) in [5.74, 6) is 0.534. The van der Waals surface area contributed by atoms with Crippen LogP contribution >= 0.6 is 11.3 Å². The molecule has 5 rings (SSSR count). The molecule has 6 heteroatoms. The third kappa shape index (κ3) is 4.24. The Morgan fingerprint density at radius 2 is 1.84 bits per heavy atom. The minimum Gasteiger partial charge on any atom is -0.494 e. The Balaban J connectivity index is 1.38. The van der Waals surface area contributed by atoms with Gasteiger partial charge in [0.15, 0.2) is 5.13 Å². The molecule has 0 saturated heterocycles. The lowest BCUT2D eigenvalue weighted by molar-refractivity contribution is 0.102. The Kier molecular flexibility index (Phi) is 5.64. The second kappa shape index (κ2) is 8.73. The normalized spacial score (nSPS) is 13.5. The van der Waals surface area contributed by atoms with E-state index in [1.807, 2.05) is 54.6 Å². The highest BCUT2D eigenvalue weighted by molar-refractivity contribution is 7.23. The van der Waals surface area contributed by atoms with E-state index in [1.165, 1.54) is 29.7 Å². The number of nitrogens with one attached hydrogen (secondary N) is 1. The van der Waals surface area contributed by atoms with Crippen molar-refractivity contribution < 1.29 is 9.53 Å². The zero-order valence-corrected chi connectivity index (χ0v) is 19.0. The van der Waals surface area contributed by atoms with E-state index in [1.54, 1.807) is 7.11 Å². The van der Waals surface area contributed by atoms with Gasteiger partial charge in [-0.25, -0.2) is 4.98 Å². The van der Waals surface area contributed by atoms with Gasteiger partial charge in [0.05, 0.1) is 11.8 Å². The Morgan fingerprint density at radius 3 is 2.53 bits per heavy atom. The Hall–Kier alpha value is -3.22. The number of carbonyl (C=O) groups is 1. The number of ether oxygens (including phenoxy) is 1. The van der Waals surface area contributed by atoms with Crippen LogP contribution in [0.3, 0.4) is 0 Å². The van der Waals surface area contributed by atoms with Gasteiger partial charge in [-0.15, -0.1) is 0 Å². The van der Waals surface area contributed by atoms with Crippen molar-refractivity contribution in [1.82, 2.24) is 9.88 Å². The van der Waals surface area contributed by atoms with Crippen LogP contribution in [0.5, 0.6) is 5.75 Å². The minimum absolute atomic E-state index is 0.161. The molecule has 1 N–H and O–H groups in total. The Bertz CT molecular complexity index is 1250. The predicted molar refractivity (Wildman–Crippen MR) is 130 cm³/mol. The summed E-state index contributed by atoms with van der Waals surface area (Å²) in [7, 11) is 3.79. The summed E-state index contributed by atoms with van der Waals surface area (Å²) in [6, 6.07) is 22.7. The van der Waals surface area contributed by atoms with E-state index in [9.17, 15) is 4.79 Å². The molecule has 0 radical (unpaired) electrons. The molecule has 1 saturated carbocycles. The van der Waals surface area contributed by atoms with Gasteiger partial charge in [0.2, 0.25) is 0 Å². The minimum atomic E-state index is -0.161. The first-order chi connectivity index (χ1) is 15.6. The molecule has 1 aliphatic rings. The number of benzene rings is 3. The SMILES string of the molecule is COc1ccc(-c2ccccc2)c2sc(NC(=O)c3ccc(CN(C)C4CC4)cc3)nc12. The van der Waals surface area contributed by atoms with Gasteiger partial charge in [0.1, 0.15) is 11.3 Å². The van der Waals surface area contributed by atoms with E-state index >= 15 is 0 Å².